The van der Waals surface area contributed by atoms with Crippen LogP contribution in [-0.4, -0.2) is 36.4 Å². The van der Waals surface area contributed by atoms with Gasteiger partial charge in [0.1, 0.15) is 0 Å². The first kappa shape index (κ1) is 14.1. The molecule has 1 aromatic rings. The first-order chi connectivity index (χ1) is 8.30. The van der Waals surface area contributed by atoms with E-state index in [4.69, 9.17) is 9.26 Å². The maximum Gasteiger partial charge on any atom is 0.228 e. The van der Waals surface area contributed by atoms with Crippen LogP contribution >= 0.6 is 0 Å². The van der Waals surface area contributed by atoms with Crippen molar-refractivity contribution in [2.75, 3.05) is 20.3 Å². The van der Waals surface area contributed by atoms with Gasteiger partial charge >= 0.3 is 0 Å². The third-order valence-electron chi connectivity index (χ3n) is 2.46. The lowest BCUT2D eigenvalue weighted by atomic mass is 10.2. The molecule has 5 nitrogen and oxygen atoms in total. The average Bonchev–Trinajstić information content (AvgIpc) is 2.74. The summed E-state index contributed by atoms with van der Waals surface area (Å²) >= 11 is 0. The summed E-state index contributed by atoms with van der Waals surface area (Å²) in [6.07, 6.45) is 3.74. The lowest BCUT2D eigenvalue weighted by Crippen LogP contribution is -2.35. The molecule has 0 aliphatic carbocycles. The van der Waals surface area contributed by atoms with Gasteiger partial charge in [0, 0.05) is 26.0 Å². The summed E-state index contributed by atoms with van der Waals surface area (Å²) in [4.78, 5) is 4.36. The first-order valence-electron chi connectivity index (χ1n) is 6.33. The highest BCUT2D eigenvalue weighted by atomic mass is 16.5. The second-order valence-electron chi connectivity index (χ2n) is 4.16. The molecule has 1 atom stereocenters. The Kier molecular flexibility index (Phi) is 6.81. The van der Waals surface area contributed by atoms with Crippen molar-refractivity contribution in [2.45, 2.75) is 45.6 Å². The van der Waals surface area contributed by atoms with Crippen molar-refractivity contribution in [2.24, 2.45) is 0 Å². The number of hydrogen-bond acceptors (Lipinski definition) is 5. The van der Waals surface area contributed by atoms with Gasteiger partial charge in [-0.05, 0) is 19.4 Å². The standard InChI is InChI=1S/C12H23N3O2/c1-4-6-11-14-12(17-15-11)8-10(9-16-3)13-7-5-2/h10,13H,4-9H2,1-3H3. The number of aryl methyl sites for hydroxylation is 1. The predicted octanol–water partition coefficient (Wildman–Crippen LogP) is 1.58. The molecule has 0 spiro atoms. The lowest BCUT2D eigenvalue weighted by molar-refractivity contribution is 0.161. The largest absolute Gasteiger partial charge is 0.383 e. The Morgan fingerprint density at radius 1 is 1.35 bits per heavy atom. The molecule has 0 amide bonds. The molecule has 0 radical (unpaired) electrons. The van der Waals surface area contributed by atoms with Crippen molar-refractivity contribution in [3.63, 3.8) is 0 Å². The van der Waals surface area contributed by atoms with Gasteiger partial charge in [0.2, 0.25) is 5.89 Å². The number of rotatable bonds is 9. The molecule has 0 saturated heterocycles. The molecule has 0 aromatic carbocycles. The van der Waals surface area contributed by atoms with Gasteiger partial charge in [-0.3, -0.25) is 0 Å². The van der Waals surface area contributed by atoms with Crippen LogP contribution in [0.4, 0.5) is 0 Å². The molecule has 98 valence electrons. The Morgan fingerprint density at radius 2 is 2.18 bits per heavy atom. The highest BCUT2D eigenvalue weighted by Crippen LogP contribution is 2.04. The van der Waals surface area contributed by atoms with E-state index in [1.807, 2.05) is 0 Å². The molecule has 17 heavy (non-hydrogen) atoms. The Hall–Kier alpha value is -0.940. The van der Waals surface area contributed by atoms with Crippen LogP contribution in [0, 0.1) is 0 Å². The van der Waals surface area contributed by atoms with E-state index in [0.717, 1.165) is 38.1 Å². The first-order valence-corrected chi connectivity index (χ1v) is 6.33. The van der Waals surface area contributed by atoms with Crippen LogP contribution in [0.3, 0.4) is 0 Å². The molecular formula is C12H23N3O2. The fourth-order valence-corrected chi connectivity index (χ4v) is 1.65. The van der Waals surface area contributed by atoms with Gasteiger partial charge in [-0.2, -0.15) is 4.98 Å². The minimum absolute atomic E-state index is 0.245. The van der Waals surface area contributed by atoms with Gasteiger partial charge in [-0.15, -0.1) is 0 Å². The zero-order chi connectivity index (χ0) is 12.5. The molecule has 1 aromatic heterocycles. The minimum atomic E-state index is 0.245. The highest BCUT2D eigenvalue weighted by Gasteiger charge is 2.13. The van der Waals surface area contributed by atoms with Crippen molar-refractivity contribution >= 4 is 0 Å². The topological polar surface area (TPSA) is 60.2 Å². The number of nitrogens with zero attached hydrogens (tertiary/aromatic N) is 2. The summed E-state index contributed by atoms with van der Waals surface area (Å²) in [6.45, 7) is 5.88. The maximum absolute atomic E-state index is 5.22. The fourth-order valence-electron chi connectivity index (χ4n) is 1.65. The second kappa shape index (κ2) is 8.20. The van der Waals surface area contributed by atoms with Crippen molar-refractivity contribution < 1.29 is 9.26 Å². The van der Waals surface area contributed by atoms with Crippen molar-refractivity contribution in [1.82, 2.24) is 15.5 Å². The van der Waals surface area contributed by atoms with Crippen LogP contribution in [0.1, 0.15) is 38.4 Å². The quantitative estimate of drug-likeness (QED) is 0.711. The third kappa shape index (κ3) is 5.28. The van der Waals surface area contributed by atoms with E-state index < -0.39 is 0 Å². The van der Waals surface area contributed by atoms with E-state index in [-0.39, 0.29) is 6.04 Å². The molecule has 1 N–H and O–H groups in total. The zero-order valence-corrected chi connectivity index (χ0v) is 11.0. The normalized spacial score (nSPS) is 12.9. The minimum Gasteiger partial charge on any atom is -0.383 e. The third-order valence-corrected chi connectivity index (χ3v) is 2.46. The molecule has 0 fully saturated rings. The summed E-state index contributed by atoms with van der Waals surface area (Å²) in [5.74, 6) is 1.49. The molecule has 0 saturated carbocycles. The van der Waals surface area contributed by atoms with Gasteiger partial charge in [0.15, 0.2) is 5.82 Å². The summed E-state index contributed by atoms with van der Waals surface area (Å²) in [5.41, 5.74) is 0. The van der Waals surface area contributed by atoms with Crippen LogP contribution in [0.25, 0.3) is 0 Å². The zero-order valence-electron chi connectivity index (χ0n) is 11.0. The Bertz CT molecular complexity index is 302. The van der Waals surface area contributed by atoms with E-state index in [2.05, 4.69) is 29.3 Å². The molecule has 0 aliphatic rings. The second-order valence-corrected chi connectivity index (χ2v) is 4.16. The van der Waals surface area contributed by atoms with Crippen LogP contribution < -0.4 is 5.32 Å². The van der Waals surface area contributed by atoms with Crippen molar-refractivity contribution in [1.29, 1.82) is 0 Å². The van der Waals surface area contributed by atoms with E-state index in [0.29, 0.717) is 12.5 Å². The van der Waals surface area contributed by atoms with Crippen LogP contribution in [-0.2, 0) is 17.6 Å². The predicted molar refractivity (Wildman–Crippen MR) is 66.0 cm³/mol. The molecule has 1 unspecified atom stereocenters. The summed E-state index contributed by atoms with van der Waals surface area (Å²) in [7, 11) is 1.71. The number of methoxy groups -OCH3 is 1. The number of aromatic nitrogens is 2. The Balaban J connectivity index is 2.46. The number of nitrogens with one attached hydrogen (secondary N) is 1. The summed E-state index contributed by atoms with van der Waals surface area (Å²) < 4.78 is 10.4. The van der Waals surface area contributed by atoms with Gasteiger partial charge < -0.3 is 14.6 Å². The Morgan fingerprint density at radius 3 is 2.82 bits per heavy atom. The van der Waals surface area contributed by atoms with Crippen LogP contribution in [0.2, 0.25) is 0 Å². The highest BCUT2D eigenvalue weighted by molar-refractivity contribution is 4.89. The van der Waals surface area contributed by atoms with Crippen LogP contribution in [0.5, 0.6) is 0 Å². The van der Waals surface area contributed by atoms with E-state index in [1.165, 1.54) is 0 Å². The molecule has 1 rings (SSSR count). The van der Waals surface area contributed by atoms with Gasteiger partial charge in [-0.25, -0.2) is 0 Å². The fraction of sp³-hybridized carbons (Fsp3) is 0.833. The van der Waals surface area contributed by atoms with Crippen LogP contribution in [0.15, 0.2) is 4.52 Å². The van der Waals surface area contributed by atoms with Gasteiger partial charge in [0.05, 0.1) is 6.61 Å². The smallest absolute Gasteiger partial charge is 0.228 e. The molecular weight excluding hydrogens is 218 g/mol. The SMILES string of the molecule is CCCNC(COC)Cc1nc(CCC)no1. The Labute approximate surface area is 103 Å². The van der Waals surface area contributed by atoms with Gasteiger partial charge in [-0.1, -0.05) is 19.0 Å². The van der Waals surface area contributed by atoms with E-state index in [9.17, 15) is 0 Å². The number of hydrogen-bond donors (Lipinski definition) is 1. The lowest BCUT2D eigenvalue weighted by Gasteiger charge is -2.15. The molecule has 0 aliphatic heterocycles. The maximum atomic E-state index is 5.22. The van der Waals surface area contributed by atoms with Crippen molar-refractivity contribution in [3.8, 4) is 0 Å². The molecule has 1 heterocycles. The monoisotopic (exact) mass is 241 g/mol. The van der Waals surface area contributed by atoms with E-state index >= 15 is 0 Å². The summed E-state index contributed by atoms with van der Waals surface area (Å²) in [5, 5.41) is 7.35. The number of ether oxygens (including phenoxy) is 1. The summed E-state index contributed by atoms with van der Waals surface area (Å²) in [6, 6.07) is 0.245. The van der Waals surface area contributed by atoms with E-state index in [1.54, 1.807) is 7.11 Å². The van der Waals surface area contributed by atoms with Crippen molar-refractivity contribution in [3.05, 3.63) is 11.7 Å². The van der Waals surface area contributed by atoms with Gasteiger partial charge in [0.25, 0.3) is 0 Å². The molecule has 5 heteroatoms. The molecule has 0 bridgehead atoms. The average molecular weight is 241 g/mol.